The summed E-state index contributed by atoms with van der Waals surface area (Å²) in [5.74, 6) is 0. The molecule has 0 radical (unpaired) electrons. The number of hydrogen-bond donors (Lipinski definition) is 2. The lowest BCUT2D eigenvalue weighted by Crippen LogP contribution is -2.03. The molecule has 0 aliphatic rings. The Balaban J connectivity index is 2.10. The number of nitrogens with one attached hydrogen (secondary N) is 1. The monoisotopic (exact) mass is 230 g/mol. The molecule has 0 atom stereocenters. The first-order valence-electron chi connectivity index (χ1n) is 5.65. The fourth-order valence-corrected chi connectivity index (χ4v) is 1.75. The molecule has 0 unspecified atom stereocenters. The molecule has 0 fully saturated rings. The van der Waals surface area contributed by atoms with E-state index < -0.39 is 0 Å². The van der Waals surface area contributed by atoms with Gasteiger partial charge in [-0.15, -0.1) is 0 Å². The molecular formula is C13H18N4. The van der Waals surface area contributed by atoms with Crippen LogP contribution in [0.25, 0.3) is 0 Å². The van der Waals surface area contributed by atoms with Crippen LogP contribution in [0.15, 0.2) is 24.4 Å². The molecule has 3 N–H and O–H groups in total. The molecule has 4 nitrogen and oxygen atoms in total. The van der Waals surface area contributed by atoms with Crippen molar-refractivity contribution >= 4 is 11.4 Å². The van der Waals surface area contributed by atoms with E-state index in [2.05, 4.69) is 23.4 Å². The van der Waals surface area contributed by atoms with Crippen molar-refractivity contribution in [3.8, 4) is 0 Å². The third-order valence-corrected chi connectivity index (χ3v) is 3.01. The highest BCUT2D eigenvalue weighted by Crippen LogP contribution is 2.20. The molecule has 1 aromatic carbocycles. The van der Waals surface area contributed by atoms with Crippen molar-refractivity contribution in [2.45, 2.75) is 20.4 Å². The van der Waals surface area contributed by atoms with Crippen LogP contribution in [0.2, 0.25) is 0 Å². The fraction of sp³-hybridized carbons (Fsp3) is 0.308. The first kappa shape index (κ1) is 11.5. The molecule has 0 saturated carbocycles. The Kier molecular flexibility index (Phi) is 3.04. The van der Waals surface area contributed by atoms with Gasteiger partial charge in [0, 0.05) is 24.8 Å². The van der Waals surface area contributed by atoms with Crippen molar-refractivity contribution < 1.29 is 0 Å². The summed E-state index contributed by atoms with van der Waals surface area (Å²) in [4.78, 5) is 0. The van der Waals surface area contributed by atoms with Crippen molar-refractivity contribution in [1.29, 1.82) is 0 Å². The van der Waals surface area contributed by atoms with Crippen molar-refractivity contribution in [1.82, 2.24) is 9.78 Å². The largest absolute Gasteiger partial charge is 0.397 e. The topological polar surface area (TPSA) is 55.9 Å². The van der Waals surface area contributed by atoms with Gasteiger partial charge in [0.25, 0.3) is 0 Å². The molecule has 4 heteroatoms. The predicted molar refractivity (Wildman–Crippen MR) is 70.9 cm³/mol. The molecule has 1 heterocycles. The standard InChI is InChI=1S/C13H18N4/c1-9-4-5-13(12(14)6-9)15-7-11-8-16-17(3)10(11)2/h4-6,8,15H,7,14H2,1-3H3. The minimum Gasteiger partial charge on any atom is -0.397 e. The molecule has 90 valence electrons. The Morgan fingerprint density at radius 3 is 2.71 bits per heavy atom. The van der Waals surface area contributed by atoms with Gasteiger partial charge in [-0.1, -0.05) is 6.07 Å². The van der Waals surface area contributed by atoms with Gasteiger partial charge < -0.3 is 11.1 Å². The van der Waals surface area contributed by atoms with Crippen LogP contribution >= 0.6 is 0 Å². The molecule has 0 amide bonds. The van der Waals surface area contributed by atoms with Gasteiger partial charge in [-0.25, -0.2) is 0 Å². The Hall–Kier alpha value is -1.97. The SMILES string of the molecule is Cc1ccc(NCc2cnn(C)c2C)c(N)c1. The lowest BCUT2D eigenvalue weighted by molar-refractivity contribution is 0.738. The van der Waals surface area contributed by atoms with Crippen molar-refractivity contribution in [2.24, 2.45) is 7.05 Å². The van der Waals surface area contributed by atoms with Crippen LogP contribution < -0.4 is 11.1 Å². The van der Waals surface area contributed by atoms with Gasteiger partial charge in [-0.3, -0.25) is 4.68 Å². The van der Waals surface area contributed by atoms with Gasteiger partial charge >= 0.3 is 0 Å². The van der Waals surface area contributed by atoms with Gasteiger partial charge in [0.2, 0.25) is 0 Å². The summed E-state index contributed by atoms with van der Waals surface area (Å²) < 4.78 is 1.87. The summed E-state index contributed by atoms with van der Waals surface area (Å²) in [6, 6.07) is 6.03. The smallest absolute Gasteiger partial charge is 0.0576 e. The Bertz CT molecular complexity index is 528. The molecule has 1 aromatic heterocycles. The fourth-order valence-electron chi connectivity index (χ4n) is 1.75. The molecule has 0 aliphatic carbocycles. The van der Waals surface area contributed by atoms with Crippen LogP contribution in [-0.2, 0) is 13.6 Å². The average molecular weight is 230 g/mol. The highest BCUT2D eigenvalue weighted by molar-refractivity contribution is 5.66. The van der Waals surface area contributed by atoms with Crippen LogP contribution in [-0.4, -0.2) is 9.78 Å². The predicted octanol–water partition coefficient (Wildman–Crippen LogP) is 2.23. The van der Waals surface area contributed by atoms with Crippen LogP contribution in [0.1, 0.15) is 16.8 Å². The molecule has 0 aliphatic heterocycles. The van der Waals surface area contributed by atoms with Gasteiger partial charge in [0.05, 0.1) is 17.6 Å². The number of aromatic nitrogens is 2. The van der Waals surface area contributed by atoms with Gasteiger partial charge in [-0.2, -0.15) is 5.10 Å². The maximum atomic E-state index is 5.95. The lowest BCUT2D eigenvalue weighted by atomic mass is 10.2. The maximum Gasteiger partial charge on any atom is 0.0576 e. The van der Waals surface area contributed by atoms with Crippen LogP contribution in [0, 0.1) is 13.8 Å². The van der Waals surface area contributed by atoms with Crippen molar-refractivity contribution in [2.75, 3.05) is 11.1 Å². The second-order valence-corrected chi connectivity index (χ2v) is 4.32. The third-order valence-electron chi connectivity index (χ3n) is 3.01. The Morgan fingerprint density at radius 2 is 2.12 bits per heavy atom. The zero-order valence-electron chi connectivity index (χ0n) is 10.5. The molecule has 0 bridgehead atoms. The number of nitrogens with two attached hydrogens (primary N) is 1. The van der Waals surface area contributed by atoms with Gasteiger partial charge in [0.1, 0.15) is 0 Å². The van der Waals surface area contributed by atoms with Crippen molar-refractivity contribution in [3.05, 3.63) is 41.2 Å². The Labute approximate surface area is 101 Å². The quantitative estimate of drug-likeness (QED) is 0.795. The average Bonchev–Trinajstić information content (AvgIpc) is 2.59. The van der Waals surface area contributed by atoms with E-state index >= 15 is 0 Å². The number of rotatable bonds is 3. The molecule has 2 rings (SSSR count). The zero-order valence-corrected chi connectivity index (χ0v) is 10.5. The third kappa shape index (κ3) is 2.41. The first-order chi connectivity index (χ1) is 8.08. The molecule has 0 spiro atoms. The van der Waals surface area contributed by atoms with E-state index in [0.717, 1.165) is 17.9 Å². The van der Waals surface area contributed by atoms with E-state index in [4.69, 9.17) is 5.73 Å². The summed E-state index contributed by atoms with van der Waals surface area (Å²) in [6.07, 6.45) is 1.88. The Morgan fingerprint density at radius 1 is 1.35 bits per heavy atom. The van der Waals surface area contributed by atoms with Gasteiger partial charge in [0.15, 0.2) is 0 Å². The minimum atomic E-state index is 0.743. The number of nitrogens with zero attached hydrogens (tertiary/aromatic N) is 2. The van der Waals surface area contributed by atoms with E-state index in [0.29, 0.717) is 0 Å². The highest BCUT2D eigenvalue weighted by atomic mass is 15.3. The van der Waals surface area contributed by atoms with E-state index in [-0.39, 0.29) is 0 Å². The van der Waals surface area contributed by atoms with Crippen LogP contribution in [0.3, 0.4) is 0 Å². The summed E-state index contributed by atoms with van der Waals surface area (Å²) in [5, 5.41) is 7.54. The van der Waals surface area contributed by atoms with Crippen molar-refractivity contribution in [3.63, 3.8) is 0 Å². The summed E-state index contributed by atoms with van der Waals surface area (Å²) in [7, 11) is 1.94. The number of nitrogen functional groups attached to an aromatic ring is 1. The summed E-state index contributed by atoms with van der Waals surface area (Å²) in [5.41, 5.74) is 11.2. The molecular weight excluding hydrogens is 212 g/mol. The number of hydrogen-bond acceptors (Lipinski definition) is 3. The second kappa shape index (κ2) is 4.49. The van der Waals surface area contributed by atoms with Gasteiger partial charge in [-0.05, 0) is 31.5 Å². The number of benzene rings is 1. The summed E-state index contributed by atoms with van der Waals surface area (Å²) >= 11 is 0. The lowest BCUT2D eigenvalue weighted by Gasteiger charge is -2.09. The van der Waals surface area contributed by atoms with E-state index in [1.807, 2.05) is 37.0 Å². The molecule has 0 saturated heterocycles. The zero-order chi connectivity index (χ0) is 12.4. The first-order valence-corrected chi connectivity index (χ1v) is 5.65. The van der Waals surface area contributed by atoms with E-state index in [1.54, 1.807) is 0 Å². The number of anilines is 2. The number of aryl methyl sites for hydroxylation is 2. The highest BCUT2D eigenvalue weighted by Gasteiger charge is 2.04. The van der Waals surface area contributed by atoms with Crippen LogP contribution in [0.5, 0.6) is 0 Å². The molecule has 2 aromatic rings. The minimum absolute atomic E-state index is 0.743. The van der Waals surface area contributed by atoms with Crippen LogP contribution in [0.4, 0.5) is 11.4 Å². The van der Waals surface area contributed by atoms with E-state index in [1.165, 1.54) is 16.8 Å². The molecule has 17 heavy (non-hydrogen) atoms. The second-order valence-electron chi connectivity index (χ2n) is 4.32. The maximum absolute atomic E-state index is 5.95. The normalized spacial score (nSPS) is 10.5. The summed E-state index contributed by atoms with van der Waals surface area (Å²) in [6.45, 7) is 4.83. The van der Waals surface area contributed by atoms with E-state index in [9.17, 15) is 0 Å².